The lowest BCUT2D eigenvalue weighted by atomic mass is 9.44. The lowest BCUT2D eigenvalue weighted by molar-refractivity contribution is -0.166. The van der Waals surface area contributed by atoms with Crippen LogP contribution >= 0.6 is 0 Å². The van der Waals surface area contributed by atoms with Gasteiger partial charge in [-0.05, 0) is 75.5 Å². The third-order valence-electron chi connectivity index (χ3n) is 8.90. The van der Waals surface area contributed by atoms with Crippen LogP contribution in [0.15, 0.2) is 11.1 Å². The number of hydrogen-bond donors (Lipinski definition) is 0. The highest BCUT2D eigenvalue weighted by atomic mass is 16.5. The van der Waals surface area contributed by atoms with Crippen LogP contribution in [0.25, 0.3) is 0 Å². The third kappa shape index (κ3) is 2.74. The van der Waals surface area contributed by atoms with E-state index in [0.29, 0.717) is 30.0 Å². The van der Waals surface area contributed by atoms with Crippen LogP contribution in [0.5, 0.6) is 0 Å². The lowest BCUT2D eigenvalue weighted by Crippen LogP contribution is -2.57. The fraction of sp³-hybridized carbons (Fsp3) is 0.792. The molecule has 0 aromatic rings. The van der Waals surface area contributed by atoms with E-state index in [4.69, 9.17) is 4.74 Å². The predicted molar refractivity (Wildman–Crippen MR) is 106 cm³/mol. The molecule has 7 atom stereocenters. The van der Waals surface area contributed by atoms with Crippen molar-refractivity contribution in [2.24, 2.45) is 34.5 Å². The second-order valence-electron chi connectivity index (χ2n) is 10.5. The first-order valence-electron chi connectivity index (χ1n) is 11.0. The van der Waals surface area contributed by atoms with Crippen LogP contribution in [-0.4, -0.2) is 23.6 Å². The van der Waals surface area contributed by atoms with Crippen molar-refractivity contribution in [3.63, 3.8) is 0 Å². The third-order valence-corrected chi connectivity index (χ3v) is 8.90. The number of rotatable bonds is 2. The highest BCUT2D eigenvalue weighted by molar-refractivity contribution is 5.98. The van der Waals surface area contributed by atoms with E-state index in [1.54, 1.807) is 6.92 Å². The Kier molecular flexibility index (Phi) is 4.63. The van der Waals surface area contributed by atoms with E-state index in [1.165, 1.54) is 12.5 Å². The topological polar surface area (TPSA) is 60.4 Å². The molecule has 0 spiro atoms. The molecule has 4 aliphatic carbocycles. The van der Waals surface area contributed by atoms with E-state index in [2.05, 4.69) is 20.8 Å². The number of fused-ring (bicyclic) bond motifs is 5. The van der Waals surface area contributed by atoms with Crippen molar-refractivity contribution >= 4 is 17.5 Å². The van der Waals surface area contributed by atoms with Crippen molar-refractivity contribution in [3.8, 4) is 0 Å². The van der Waals surface area contributed by atoms with E-state index in [-0.39, 0.29) is 34.6 Å². The molecule has 0 N–H and O–H groups in total. The summed E-state index contributed by atoms with van der Waals surface area (Å²) in [6.45, 7) is 9.73. The standard InChI is InChI=1S/C24H34O4/c1-13-10-19-18-7-6-16-11-17(28-15(3)26)8-9-23(16,4)22(18)20(27)12-24(19,5)21(13)14(2)25/h16-19,22H,6-12H2,1-5H3/t16-,17-,18+,19+,22-,23+,24+/m1/s1. The molecule has 4 rings (SSSR count). The second-order valence-corrected chi connectivity index (χ2v) is 10.5. The summed E-state index contributed by atoms with van der Waals surface area (Å²) in [6.07, 6.45) is 6.36. The minimum absolute atomic E-state index is 0.00482. The summed E-state index contributed by atoms with van der Waals surface area (Å²) in [5, 5.41) is 0. The molecule has 0 saturated heterocycles. The van der Waals surface area contributed by atoms with Gasteiger partial charge in [-0.2, -0.15) is 0 Å². The first-order valence-corrected chi connectivity index (χ1v) is 11.0. The Labute approximate surface area is 168 Å². The van der Waals surface area contributed by atoms with Gasteiger partial charge in [-0.25, -0.2) is 0 Å². The molecule has 28 heavy (non-hydrogen) atoms. The van der Waals surface area contributed by atoms with Crippen molar-refractivity contribution in [2.45, 2.75) is 85.7 Å². The quantitative estimate of drug-likeness (QED) is 0.648. The largest absolute Gasteiger partial charge is 0.463 e. The molecule has 0 aromatic carbocycles. The summed E-state index contributed by atoms with van der Waals surface area (Å²) < 4.78 is 5.52. The van der Waals surface area contributed by atoms with Gasteiger partial charge in [-0.3, -0.25) is 14.4 Å². The smallest absolute Gasteiger partial charge is 0.302 e. The highest BCUT2D eigenvalue weighted by Crippen LogP contribution is 2.66. The van der Waals surface area contributed by atoms with Crippen molar-refractivity contribution in [3.05, 3.63) is 11.1 Å². The average molecular weight is 387 g/mol. The number of ketones is 2. The van der Waals surface area contributed by atoms with Gasteiger partial charge in [0.25, 0.3) is 0 Å². The Bertz CT molecular complexity index is 765. The number of esters is 1. The van der Waals surface area contributed by atoms with E-state index >= 15 is 0 Å². The summed E-state index contributed by atoms with van der Waals surface area (Å²) in [4.78, 5) is 37.3. The maximum absolute atomic E-state index is 13.6. The van der Waals surface area contributed by atoms with Crippen molar-refractivity contribution in [1.82, 2.24) is 0 Å². The van der Waals surface area contributed by atoms with Crippen molar-refractivity contribution < 1.29 is 19.1 Å². The Hall–Kier alpha value is -1.45. The van der Waals surface area contributed by atoms with Crippen LogP contribution in [0.2, 0.25) is 0 Å². The molecule has 0 bridgehead atoms. The summed E-state index contributed by atoms with van der Waals surface area (Å²) >= 11 is 0. The summed E-state index contributed by atoms with van der Waals surface area (Å²) in [5.41, 5.74) is 1.88. The first-order chi connectivity index (χ1) is 13.1. The second kappa shape index (κ2) is 6.53. The first kappa shape index (κ1) is 19.8. The summed E-state index contributed by atoms with van der Waals surface area (Å²) in [5.74, 6) is 1.66. The monoisotopic (exact) mass is 386 g/mol. The molecule has 0 aromatic heterocycles. The van der Waals surface area contributed by atoms with Gasteiger partial charge in [-0.1, -0.05) is 19.4 Å². The van der Waals surface area contributed by atoms with Gasteiger partial charge in [0, 0.05) is 30.3 Å². The summed E-state index contributed by atoms with van der Waals surface area (Å²) in [7, 11) is 0. The minimum Gasteiger partial charge on any atom is -0.463 e. The predicted octanol–water partition coefficient (Wildman–Crippen LogP) is 4.66. The zero-order valence-electron chi connectivity index (χ0n) is 18.0. The van der Waals surface area contributed by atoms with E-state index < -0.39 is 0 Å². The number of allylic oxidation sites excluding steroid dienone is 2. The van der Waals surface area contributed by atoms with Crippen LogP contribution in [0, 0.1) is 34.5 Å². The Morgan fingerprint density at radius 1 is 1.11 bits per heavy atom. The fourth-order valence-electron chi connectivity index (χ4n) is 8.02. The van der Waals surface area contributed by atoms with Crippen LogP contribution in [0.3, 0.4) is 0 Å². The van der Waals surface area contributed by atoms with E-state index in [0.717, 1.165) is 44.1 Å². The van der Waals surface area contributed by atoms with Gasteiger partial charge < -0.3 is 4.74 Å². The zero-order valence-corrected chi connectivity index (χ0v) is 18.0. The Morgan fingerprint density at radius 3 is 2.46 bits per heavy atom. The van der Waals surface area contributed by atoms with Crippen LogP contribution in [-0.2, 0) is 19.1 Å². The number of Topliss-reactive ketones (excluding diaryl/α,β-unsaturated/α-hetero) is 2. The van der Waals surface area contributed by atoms with Crippen molar-refractivity contribution in [1.29, 1.82) is 0 Å². The van der Waals surface area contributed by atoms with Gasteiger partial charge in [0.05, 0.1) is 0 Å². The number of ether oxygens (including phenoxy) is 1. The summed E-state index contributed by atoms with van der Waals surface area (Å²) in [6, 6.07) is 0. The van der Waals surface area contributed by atoms with Gasteiger partial charge in [0.2, 0.25) is 0 Å². The van der Waals surface area contributed by atoms with E-state index in [1.807, 2.05) is 0 Å². The molecule has 0 amide bonds. The highest BCUT2D eigenvalue weighted by Gasteiger charge is 2.63. The molecule has 0 heterocycles. The van der Waals surface area contributed by atoms with Crippen molar-refractivity contribution in [2.75, 3.05) is 0 Å². The average Bonchev–Trinajstić information content (AvgIpc) is 2.84. The fourth-order valence-corrected chi connectivity index (χ4v) is 8.02. The van der Waals surface area contributed by atoms with Gasteiger partial charge in [0.15, 0.2) is 5.78 Å². The Balaban J connectivity index is 1.63. The van der Waals surface area contributed by atoms with Gasteiger partial charge in [0.1, 0.15) is 11.9 Å². The van der Waals surface area contributed by atoms with Crippen LogP contribution in [0.1, 0.15) is 79.6 Å². The maximum atomic E-state index is 13.6. The van der Waals surface area contributed by atoms with E-state index in [9.17, 15) is 14.4 Å². The van der Waals surface area contributed by atoms with Crippen LogP contribution in [0.4, 0.5) is 0 Å². The zero-order chi connectivity index (χ0) is 20.4. The lowest BCUT2D eigenvalue weighted by Gasteiger charge is -2.59. The number of carbonyl (C=O) groups excluding carboxylic acids is 3. The normalized spacial score (nSPS) is 45.2. The molecule has 3 saturated carbocycles. The molecule has 0 aliphatic heterocycles. The molecule has 154 valence electrons. The molecule has 4 heteroatoms. The molecular formula is C24H34O4. The molecule has 0 radical (unpaired) electrons. The molecule has 0 unspecified atom stereocenters. The van der Waals surface area contributed by atoms with Gasteiger partial charge in [-0.15, -0.1) is 0 Å². The number of hydrogen-bond acceptors (Lipinski definition) is 4. The van der Waals surface area contributed by atoms with Crippen LogP contribution < -0.4 is 0 Å². The Morgan fingerprint density at radius 2 is 1.82 bits per heavy atom. The minimum atomic E-state index is -0.272. The number of carbonyl (C=O) groups is 3. The molecule has 4 aliphatic rings. The molecule has 4 nitrogen and oxygen atoms in total. The maximum Gasteiger partial charge on any atom is 0.302 e. The SMILES string of the molecule is CC(=O)O[C@@H]1CC[C@@]2(C)[C@H](CC[C@@H]3[C@@H]2C(=O)C[C@]2(C)C(C(C)=O)=C(C)C[C@@H]32)C1. The van der Waals surface area contributed by atoms with Gasteiger partial charge >= 0.3 is 5.97 Å². The molecule has 3 fully saturated rings. The molecular weight excluding hydrogens is 352 g/mol.